The van der Waals surface area contributed by atoms with Gasteiger partial charge in [0.05, 0.1) is 6.10 Å². The summed E-state index contributed by atoms with van der Waals surface area (Å²) in [6, 6.07) is 0. The second-order valence-electron chi connectivity index (χ2n) is 6.72. The van der Waals surface area contributed by atoms with Crippen molar-refractivity contribution in [1.82, 2.24) is 4.90 Å². The highest BCUT2D eigenvalue weighted by molar-refractivity contribution is 5.77. The fraction of sp³-hybridized carbons (Fsp3) is 0.933. The van der Waals surface area contributed by atoms with Crippen molar-refractivity contribution in [2.24, 2.45) is 11.3 Å². The summed E-state index contributed by atoms with van der Waals surface area (Å²) in [5, 5.41) is 9.87. The third-order valence-corrected chi connectivity index (χ3v) is 4.91. The lowest BCUT2D eigenvalue weighted by Crippen LogP contribution is -2.47. The molecule has 3 heteroatoms. The Morgan fingerprint density at radius 3 is 2.61 bits per heavy atom. The van der Waals surface area contributed by atoms with Gasteiger partial charge < -0.3 is 10.0 Å². The van der Waals surface area contributed by atoms with E-state index < -0.39 is 0 Å². The van der Waals surface area contributed by atoms with Crippen molar-refractivity contribution in [1.29, 1.82) is 0 Å². The zero-order valence-corrected chi connectivity index (χ0v) is 11.8. The Kier molecular flexibility index (Phi) is 4.31. The molecule has 1 heterocycles. The minimum absolute atomic E-state index is 0.212. The van der Waals surface area contributed by atoms with Crippen molar-refractivity contribution >= 4 is 5.91 Å². The van der Waals surface area contributed by atoms with Crippen LogP contribution in [0.3, 0.4) is 0 Å². The summed E-state index contributed by atoms with van der Waals surface area (Å²) in [4.78, 5) is 14.2. The summed E-state index contributed by atoms with van der Waals surface area (Å²) in [7, 11) is 0. The molecule has 2 rings (SSSR count). The van der Waals surface area contributed by atoms with Crippen LogP contribution in [0.15, 0.2) is 0 Å². The molecule has 18 heavy (non-hydrogen) atoms. The molecule has 104 valence electrons. The molecule has 1 aliphatic carbocycles. The Hall–Kier alpha value is -0.570. The number of hydrogen-bond acceptors (Lipinski definition) is 2. The Morgan fingerprint density at radius 2 is 2.00 bits per heavy atom. The largest absolute Gasteiger partial charge is 0.391 e. The maximum absolute atomic E-state index is 12.3. The fourth-order valence-electron chi connectivity index (χ4n) is 3.33. The van der Waals surface area contributed by atoms with Gasteiger partial charge in [0.25, 0.3) is 0 Å². The molecule has 0 aromatic rings. The van der Waals surface area contributed by atoms with Gasteiger partial charge in [0, 0.05) is 19.5 Å². The lowest BCUT2D eigenvalue weighted by Gasteiger charge is -2.38. The van der Waals surface area contributed by atoms with Gasteiger partial charge in [-0.1, -0.05) is 33.1 Å². The van der Waals surface area contributed by atoms with E-state index in [1.807, 2.05) is 4.90 Å². The summed E-state index contributed by atoms with van der Waals surface area (Å²) in [6.07, 6.45) is 7.51. The average molecular weight is 253 g/mol. The van der Waals surface area contributed by atoms with Crippen molar-refractivity contribution in [2.45, 2.75) is 64.9 Å². The maximum atomic E-state index is 12.3. The molecule has 2 aliphatic rings. The monoisotopic (exact) mass is 253 g/mol. The molecule has 0 bridgehead atoms. The molecule has 2 fully saturated rings. The predicted molar refractivity (Wildman–Crippen MR) is 72.2 cm³/mol. The van der Waals surface area contributed by atoms with Gasteiger partial charge >= 0.3 is 0 Å². The Bertz CT molecular complexity index is 297. The first kappa shape index (κ1) is 13.9. The lowest BCUT2D eigenvalue weighted by molar-refractivity contribution is -0.138. The van der Waals surface area contributed by atoms with Crippen LogP contribution in [0.4, 0.5) is 0 Å². The van der Waals surface area contributed by atoms with Crippen LogP contribution in [-0.2, 0) is 4.79 Å². The van der Waals surface area contributed by atoms with E-state index >= 15 is 0 Å². The van der Waals surface area contributed by atoms with Crippen LogP contribution in [0, 0.1) is 11.3 Å². The zero-order chi connectivity index (χ0) is 13.2. The molecule has 0 radical (unpaired) electrons. The van der Waals surface area contributed by atoms with Gasteiger partial charge in [-0.3, -0.25) is 4.79 Å². The summed E-state index contributed by atoms with van der Waals surface area (Å²) in [6.45, 7) is 5.69. The molecule has 1 aliphatic heterocycles. The summed E-state index contributed by atoms with van der Waals surface area (Å²) in [5.74, 6) is 0.588. The van der Waals surface area contributed by atoms with Crippen LogP contribution in [0.5, 0.6) is 0 Å². The molecule has 2 atom stereocenters. The van der Waals surface area contributed by atoms with E-state index in [1.54, 1.807) is 0 Å². The number of nitrogens with zero attached hydrogens (tertiary/aromatic N) is 1. The van der Waals surface area contributed by atoms with E-state index in [-0.39, 0.29) is 17.4 Å². The van der Waals surface area contributed by atoms with Gasteiger partial charge in [0.1, 0.15) is 0 Å². The maximum Gasteiger partial charge on any atom is 0.223 e. The number of aliphatic hydroxyl groups is 1. The van der Waals surface area contributed by atoms with Crippen LogP contribution in [0.25, 0.3) is 0 Å². The Balaban J connectivity index is 1.87. The van der Waals surface area contributed by atoms with Crippen molar-refractivity contribution < 1.29 is 9.90 Å². The first-order chi connectivity index (χ1) is 8.50. The minimum atomic E-state index is -0.332. The number of amides is 1. The highest BCUT2D eigenvalue weighted by Crippen LogP contribution is 2.39. The normalized spacial score (nSPS) is 32.3. The molecule has 3 nitrogen and oxygen atoms in total. The number of aliphatic hydroxyl groups excluding tert-OH is 1. The summed E-state index contributed by atoms with van der Waals surface area (Å²) in [5.41, 5.74) is 0.212. The van der Waals surface area contributed by atoms with Crippen molar-refractivity contribution in [3.63, 3.8) is 0 Å². The number of carbonyl (C=O) groups is 1. The molecular weight excluding hydrogens is 226 g/mol. The van der Waals surface area contributed by atoms with Crippen LogP contribution < -0.4 is 0 Å². The highest BCUT2D eigenvalue weighted by Gasteiger charge is 2.33. The van der Waals surface area contributed by atoms with Gasteiger partial charge in [-0.05, 0) is 30.6 Å². The van der Waals surface area contributed by atoms with E-state index in [0.29, 0.717) is 18.9 Å². The predicted octanol–water partition coefficient (Wildman–Crippen LogP) is 2.58. The molecule has 1 N–H and O–H groups in total. The van der Waals surface area contributed by atoms with Gasteiger partial charge in [-0.15, -0.1) is 0 Å². The second-order valence-corrected chi connectivity index (χ2v) is 6.72. The standard InChI is InChI=1S/C15H27NO2/c1-12-6-9-16(11-13(12)17)14(18)10-15(2)7-4-3-5-8-15/h12-13,17H,3-11H2,1-2H3. The van der Waals surface area contributed by atoms with E-state index in [4.69, 9.17) is 0 Å². The molecule has 1 amide bonds. The molecule has 0 spiro atoms. The second kappa shape index (κ2) is 5.60. The van der Waals surface area contributed by atoms with E-state index in [9.17, 15) is 9.90 Å². The zero-order valence-electron chi connectivity index (χ0n) is 11.8. The number of piperidine rings is 1. The highest BCUT2D eigenvalue weighted by atomic mass is 16.3. The first-order valence-electron chi connectivity index (χ1n) is 7.46. The van der Waals surface area contributed by atoms with Crippen LogP contribution >= 0.6 is 0 Å². The van der Waals surface area contributed by atoms with Gasteiger partial charge in [-0.2, -0.15) is 0 Å². The first-order valence-corrected chi connectivity index (χ1v) is 7.46. The third kappa shape index (κ3) is 3.25. The molecule has 0 aromatic carbocycles. The topological polar surface area (TPSA) is 40.5 Å². The SMILES string of the molecule is CC1CCN(C(=O)CC2(C)CCCCC2)CC1O. The molecule has 1 saturated heterocycles. The fourth-order valence-corrected chi connectivity index (χ4v) is 3.33. The molecule has 2 unspecified atom stereocenters. The van der Waals surface area contributed by atoms with Crippen molar-refractivity contribution in [3.8, 4) is 0 Å². The number of hydrogen-bond donors (Lipinski definition) is 1. The number of carbonyl (C=O) groups excluding carboxylic acids is 1. The van der Waals surface area contributed by atoms with E-state index in [2.05, 4.69) is 13.8 Å². The summed E-state index contributed by atoms with van der Waals surface area (Å²) >= 11 is 0. The van der Waals surface area contributed by atoms with Gasteiger partial charge in [-0.25, -0.2) is 0 Å². The lowest BCUT2D eigenvalue weighted by atomic mass is 9.73. The minimum Gasteiger partial charge on any atom is -0.391 e. The molecule has 0 aromatic heterocycles. The third-order valence-electron chi connectivity index (χ3n) is 4.91. The van der Waals surface area contributed by atoms with Crippen LogP contribution in [-0.4, -0.2) is 35.1 Å². The van der Waals surface area contributed by atoms with Crippen molar-refractivity contribution in [3.05, 3.63) is 0 Å². The average Bonchev–Trinajstić information content (AvgIpc) is 2.33. The van der Waals surface area contributed by atoms with Gasteiger partial charge in [0.15, 0.2) is 0 Å². The summed E-state index contributed by atoms with van der Waals surface area (Å²) < 4.78 is 0. The Morgan fingerprint density at radius 1 is 1.33 bits per heavy atom. The van der Waals surface area contributed by atoms with E-state index in [0.717, 1.165) is 13.0 Å². The number of likely N-dealkylation sites (tertiary alicyclic amines) is 1. The van der Waals surface area contributed by atoms with E-state index in [1.165, 1.54) is 32.1 Å². The molecular formula is C15H27NO2. The van der Waals surface area contributed by atoms with Crippen molar-refractivity contribution in [2.75, 3.05) is 13.1 Å². The number of β-amino-alcohol motifs (C(OH)–C–C–N with tert-alkyl or cyclic N) is 1. The van der Waals surface area contributed by atoms with Crippen LogP contribution in [0.1, 0.15) is 58.8 Å². The van der Waals surface area contributed by atoms with Gasteiger partial charge in [0.2, 0.25) is 5.91 Å². The van der Waals surface area contributed by atoms with Crippen LogP contribution in [0.2, 0.25) is 0 Å². The quantitative estimate of drug-likeness (QED) is 0.821. The molecule has 1 saturated carbocycles. The smallest absolute Gasteiger partial charge is 0.223 e. The Labute approximate surface area is 111 Å². The number of rotatable bonds is 2.